The molecule has 0 radical (unpaired) electrons. The molecule has 0 atom stereocenters. The van der Waals surface area contributed by atoms with E-state index in [1.165, 1.54) is 11.6 Å². The van der Waals surface area contributed by atoms with Crippen molar-refractivity contribution in [1.29, 1.82) is 0 Å². The van der Waals surface area contributed by atoms with Crippen LogP contribution in [0, 0.1) is 0 Å². The molecule has 0 unspecified atom stereocenters. The number of nitrogens with one attached hydrogen (secondary N) is 1. The number of phenols is 2. The van der Waals surface area contributed by atoms with Crippen molar-refractivity contribution in [3.8, 4) is 11.5 Å². The first-order valence-corrected chi connectivity index (χ1v) is 9.46. The Labute approximate surface area is 161 Å². The van der Waals surface area contributed by atoms with Crippen molar-refractivity contribution >= 4 is 33.9 Å². The molecule has 138 valence electrons. The Morgan fingerprint density at radius 2 is 1.96 bits per heavy atom. The smallest absolute Gasteiger partial charge is 0.159 e. The number of aromatic hydroxyl groups is 2. The van der Waals surface area contributed by atoms with Gasteiger partial charge in [0.05, 0.1) is 22.3 Å². The zero-order chi connectivity index (χ0) is 18.5. The summed E-state index contributed by atoms with van der Waals surface area (Å²) in [5.74, 6) is -0.259. The number of nitrogens with zero attached hydrogens (tertiary/aromatic N) is 3. The molecule has 5 rings (SSSR count). The van der Waals surface area contributed by atoms with E-state index in [1.807, 2.05) is 6.07 Å². The topological polar surface area (TPSA) is 81.5 Å². The Bertz CT molecular complexity index is 1050. The maximum atomic E-state index is 9.98. The van der Waals surface area contributed by atoms with Gasteiger partial charge in [-0.1, -0.05) is 11.6 Å². The molecule has 3 heterocycles. The fourth-order valence-corrected chi connectivity index (χ4v) is 4.29. The normalized spacial score (nSPS) is 16.4. The molecule has 3 N–H and O–H groups in total. The Kier molecular flexibility index (Phi) is 3.75. The number of aromatic nitrogens is 2. The summed E-state index contributed by atoms with van der Waals surface area (Å²) in [5.41, 5.74) is 5.06. The van der Waals surface area contributed by atoms with Gasteiger partial charge in [-0.25, -0.2) is 0 Å². The number of rotatable bonds is 3. The molecule has 3 aromatic rings. The molecule has 6 nitrogen and oxygen atoms in total. The first-order chi connectivity index (χ1) is 13.1. The van der Waals surface area contributed by atoms with Crippen LogP contribution in [0.15, 0.2) is 30.6 Å². The third-order valence-corrected chi connectivity index (χ3v) is 5.72. The van der Waals surface area contributed by atoms with E-state index in [0.717, 1.165) is 54.8 Å². The summed E-state index contributed by atoms with van der Waals surface area (Å²) in [5, 5.41) is 25.0. The van der Waals surface area contributed by atoms with Gasteiger partial charge in [0.15, 0.2) is 11.5 Å². The van der Waals surface area contributed by atoms with E-state index in [-0.39, 0.29) is 17.5 Å². The van der Waals surface area contributed by atoms with Crippen LogP contribution in [-0.4, -0.2) is 39.3 Å². The maximum absolute atomic E-state index is 9.98. The Morgan fingerprint density at radius 1 is 1.15 bits per heavy atom. The summed E-state index contributed by atoms with van der Waals surface area (Å²) < 4.78 is 0. The van der Waals surface area contributed by atoms with Crippen LogP contribution < -0.4 is 10.2 Å². The third kappa shape index (κ3) is 2.72. The van der Waals surface area contributed by atoms with Crippen molar-refractivity contribution in [2.45, 2.75) is 25.3 Å². The molecule has 1 saturated heterocycles. The van der Waals surface area contributed by atoms with Crippen LogP contribution >= 0.6 is 11.6 Å². The highest BCUT2D eigenvalue weighted by molar-refractivity contribution is 6.33. The SMILES string of the molecule is Oc1cc2nc3c(c(NC4CN(c5ccncc5Cl)C4)c2cc1O)CCC3. The van der Waals surface area contributed by atoms with E-state index >= 15 is 0 Å². The zero-order valence-electron chi connectivity index (χ0n) is 14.6. The van der Waals surface area contributed by atoms with Crippen molar-refractivity contribution in [1.82, 2.24) is 9.97 Å². The number of hydrogen-bond acceptors (Lipinski definition) is 6. The van der Waals surface area contributed by atoms with Gasteiger partial charge in [0.25, 0.3) is 0 Å². The molecule has 1 fully saturated rings. The number of anilines is 2. The molecule has 1 aromatic carbocycles. The van der Waals surface area contributed by atoms with Crippen LogP contribution in [-0.2, 0) is 12.8 Å². The number of aryl methyl sites for hydroxylation is 1. The van der Waals surface area contributed by atoms with Gasteiger partial charge in [0.1, 0.15) is 0 Å². The molecule has 2 aliphatic rings. The average Bonchev–Trinajstić information content (AvgIpc) is 3.07. The van der Waals surface area contributed by atoms with Gasteiger partial charge >= 0.3 is 0 Å². The molecule has 0 amide bonds. The van der Waals surface area contributed by atoms with Gasteiger partial charge < -0.3 is 20.4 Å². The fourth-order valence-electron chi connectivity index (χ4n) is 4.05. The minimum Gasteiger partial charge on any atom is -0.504 e. The zero-order valence-corrected chi connectivity index (χ0v) is 15.4. The standard InChI is InChI=1S/C20H19ClN4O2/c21-14-8-22-5-4-17(14)25-9-11(10-25)23-20-12-2-1-3-15(12)24-16-7-19(27)18(26)6-13(16)20/h4-8,11,26-27H,1-3,9-10H2,(H,23,24). The molecule has 7 heteroatoms. The van der Waals surface area contributed by atoms with E-state index in [4.69, 9.17) is 16.6 Å². The molecular formula is C20H19ClN4O2. The Balaban J connectivity index is 1.46. The summed E-state index contributed by atoms with van der Waals surface area (Å²) in [6.07, 6.45) is 6.42. The number of hydrogen-bond donors (Lipinski definition) is 3. The predicted molar refractivity (Wildman–Crippen MR) is 106 cm³/mol. The monoisotopic (exact) mass is 382 g/mol. The van der Waals surface area contributed by atoms with Gasteiger partial charge in [-0.15, -0.1) is 0 Å². The van der Waals surface area contributed by atoms with E-state index in [9.17, 15) is 10.2 Å². The number of fused-ring (bicyclic) bond motifs is 2. The average molecular weight is 383 g/mol. The summed E-state index contributed by atoms with van der Waals surface area (Å²) in [6, 6.07) is 5.35. The van der Waals surface area contributed by atoms with Crippen molar-refractivity contribution in [2.24, 2.45) is 0 Å². The van der Waals surface area contributed by atoms with Crippen LogP contribution in [0.4, 0.5) is 11.4 Å². The molecule has 0 bridgehead atoms. The minimum absolute atomic E-state index is 0.121. The van der Waals surface area contributed by atoms with Gasteiger partial charge in [-0.3, -0.25) is 9.97 Å². The molecule has 27 heavy (non-hydrogen) atoms. The van der Waals surface area contributed by atoms with E-state index < -0.39 is 0 Å². The molecule has 1 aliphatic carbocycles. The lowest BCUT2D eigenvalue weighted by atomic mass is 10.0. The highest BCUT2D eigenvalue weighted by Crippen LogP contribution is 2.39. The number of pyridine rings is 2. The minimum atomic E-state index is -0.138. The van der Waals surface area contributed by atoms with Crippen LogP contribution in [0.25, 0.3) is 10.9 Å². The summed E-state index contributed by atoms with van der Waals surface area (Å²) in [6.45, 7) is 1.68. The van der Waals surface area contributed by atoms with Crippen molar-refractivity contribution in [3.63, 3.8) is 0 Å². The summed E-state index contributed by atoms with van der Waals surface area (Å²) in [7, 11) is 0. The van der Waals surface area contributed by atoms with Crippen LogP contribution in [0.5, 0.6) is 11.5 Å². The van der Waals surface area contributed by atoms with Crippen molar-refractivity contribution in [3.05, 3.63) is 46.9 Å². The van der Waals surface area contributed by atoms with E-state index in [0.29, 0.717) is 10.5 Å². The largest absolute Gasteiger partial charge is 0.504 e. The van der Waals surface area contributed by atoms with Crippen LogP contribution in [0.1, 0.15) is 17.7 Å². The van der Waals surface area contributed by atoms with Gasteiger partial charge in [0, 0.05) is 48.3 Å². The van der Waals surface area contributed by atoms with Gasteiger partial charge in [-0.05, 0) is 37.0 Å². The summed E-state index contributed by atoms with van der Waals surface area (Å²) in [4.78, 5) is 11.0. The lowest BCUT2D eigenvalue weighted by molar-refractivity contribution is 0.405. The quantitative estimate of drug-likeness (QED) is 0.602. The summed E-state index contributed by atoms with van der Waals surface area (Å²) >= 11 is 6.24. The second-order valence-electron chi connectivity index (χ2n) is 7.20. The Hall–Kier alpha value is -2.73. The van der Waals surface area contributed by atoms with Crippen LogP contribution in [0.3, 0.4) is 0 Å². The number of benzene rings is 1. The fraction of sp³-hybridized carbons (Fsp3) is 0.300. The van der Waals surface area contributed by atoms with Crippen molar-refractivity contribution in [2.75, 3.05) is 23.3 Å². The Morgan fingerprint density at radius 3 is 2.78 bits per heavy atom. The molecular weight excluding hydrogens is 364 g/mol. The van der Waals surface area contributed by atoms with E-state index in [2.05, 4.69) is 15.2 Å². The highest BCUT2D eigenvalue weighted by Gasteiger charge is 2.30. The molecule has 1 aliphatic heterocycles. The number of halogens is 1. The highest BCUT2D eigenvalue weighted by atomic mass is 35.5. The third-order valence-electron chi connectivity index (χ3n) is 5.43. The number of phenolic OH excluding ortho intramolecular Hbond substituents is 2. The lowest BCUT2D eigenvalue weighted by Gasteiger charge is -2.42. The lowest BCUT2D eigenvalue weighted by Crippen LogP contribution is -2.55. The second kappa shape index (κ2) is 6.16. The molecule has 0 saturated carbocycles. The van der Waals surface area contributed by atoms with Crippen molar-refractivity contribution < 1.29 is 10.2 Å². The predicted octanol–water partition coefficient (Wildman–Crippen LogP) is 3.48. The maximum Gasteiger partial charge on any atom is 0.159 e. The second-order valence-corrected chi connectivity index (χ2v) is 7.60. The molecule has 2 aromatic heterocycles. The van der Waals surface area contributed by atoms with E-state index in [1.54, 1.807) is 18.5 Å². The van der Waals surface area contributed by atoms with Gasteiger partial charge in [0.2, 0.25) is 0 Å². The first-order valence-electron chi connectivity index (χ1n) is 9.08. The van der Waals surface area contributed by atoms with Gasteiger partial charge in [-0.2, -0.15) is 0 Å². The molecule has 0 spiro atoms. The first kappa shape index (κ1) is 16.4. The van der Waals surface area contributed by atoms with Crippen LogP contribution in [0.2, 0.25) is 5.02 Å².